The third-order valence-corrected chi connectivity index (χ3v) is 5.23. The van der Waals surface area contributed by atoms with Crippen LogP contribution < -0.4 is 5.69 Å². The Labute approximate surface area is 163 Å². The Balaban J connectivity index is 1.74. The van der Waals surface area contributed by atoms with Gasteiger partial charge in [-0.05, 0) is 42.3 Å². The highest BCUT2D eigenvalue weighted by molar-refractivity contribution is 7.98. The van der Waals surface area contributed by atoms with Crippen molar-refractivity contribution in [3.63, 3.8) is 0 Å². The van der Waals surface area contributed by atoms with Crippen LogP contribution in [0.15, 0.2) is 58.5 Å². The molecule has 4 rings (SSSR count). The van der Waals surface area contributed by atoms with E-state index in [1.807, 2.05) is 24.3 Å². The molecule has 8 heteroatoms. The molecule has 0 aliphatic heterocycles. The van der Waals surface area contributed by atoms with Gasteiger partial charge < -0.3 is 0 Å². The molecule has 0 aliphatic rings. The second-order valence-electron chi connectivity index (χ2n) is 5.97. The lowest BCUT2D eigenvalue weighted by Gasteiger charge is -2.04. The molecular formula is C19H14ClFN4OS. The minimum absolute atomic E-state index is 0.323. The molecule has 2 heterocycles. The Kier molecular flexibility index (Phi) is 4.72. The van der Waals surface area contributed by atoms with Crippen LogP contribution in [-0.2, 0) is 5.75 Å². The van der Waals surface area contributed by atoms with E-state index in [0.29, 0.717) is 32.8 Å². The van der Waals surface area contributed by atoms with Crippen molar-refractivity contribution >= 4 is 29.0 Å². The summed E-state index contributed by atoms with van der Waals surface area (Å²) in [5, 5.41) is 5.42. The van der Waals surface area contributed by atoms with E-state index in [1.54, 1.807) is 19.1 Å². The first-order valence-corrected chi connectivity index (χ1v) is 9.50. The van der Waals surface area contributed by atoms with E-state index in [1.165, 1.54) is 28.4 Å². The minimum Gasteiger partial charge on any atom is -0.285 e. The normalized spacial score (nSPS) is 11.2. The topological polar surface area (TPSA) is 63.1 Å². The van der Waals surface area contributed by atoms with Crippen LogP contribution in [0.4, 0.5) is 4.39 Å². The van der Waals surface area contributed by atoms with Crippen molar-refractivity contribution < 1.29 is 4.39 Å². The number of aryl methyl sites for hydroxylation is 1. The number of benzene rings is 2. The molecule has 0 spiro atoms. The summed E-state index contributed by atoms with van der Waals surface area (Å²) in [7, 11) is 0. The fraction of sp³-hybridized carbons (Fsp3) is 0.105. The molecule has 0 fully saturated rings. The third kappa shape index (κ3) is 3.61. The van der Waals surface area contributed by atoms with Gasteiger partial charge in [-0.15, -0.1) is 0 Å². The summed E-state index contributed by atoms with van der Waals surface area (Å²) < 4.78 is 14.5. The molecule has 1 N–H and O–H groups in total. The van der Waals surface area contributed by atoms with Crippen LogP contribution in [0.1, 0.15) is 11.3 Å². The van der Waals surface area contributed by atoms with E-state index in [0.717, 1.165) is 11.1 Å². The SMILES string of the molecule is Cc1nn2c(=O)[nH]c(SCc3cccc(Cl)c3)nc2c1-c1ccc(F)cc1. The van der Waals surface area contributed by atoms with Gasteiger partial charge in [0.1, 0.15) is 5.82 Å². The third-order valence-electron chi connectivity index (χ3n) is 4.05. The Bertz CT molecular complexity index is 1190. The van der Waals surface area contributed by atoms with Gasteiger partial charge in [-0.3, -0.25) is 4.98 Å². The summed E-state index contributed by atoms with van der Waals surface area (Å²) in [4.78, 5) is 19.7. The number of hydrogen-bond donors (Lipinski definition) is 1. The maximum atomic E-state index is 13.3. The second-order valence-corrected chi connectivity index (χ2v) is 7.37. The number of fused-ring (bicyclic) bond motifs is 1. The fourth-order valence-electron chi connectivity index (χ4n) is 2.83. The lowest BCUT2D eigenvalue weighted by atomic mass is 10.1. The van der Waals surface area contributed by atoms with Crippen LogP contribution in [-0.4, -0.2) is 19.6 Å². The Morgan fingerprint density at radius 1 is 1.22 bits per heavy atom. The molecule has 4 aromatic rings. The Hall–Kier alpha value is -2.64. The van der Waals surface area contributed by atoms with Crippen molar-refractivity contribution in [1.82, 2.24) is 19.6 Å². The quantitative estimate of drug-likeness (QED) is 0.513. The van der Waals surface area contributed by atoms with E-state index in [4.69, 9.17) is 11.6 Å². The smallest absolute Gasteiger partial charge is 0.285 e. The molecule has 0 bridgehead atoms. The number of nitrogens with one attached hydrogen (secondary N) is 1. The minimum atomic E-state index is -0.370. The maximum absolute atomic E-state index is 13.3. The number of nitrogens with zero attached hydrogens (tertiary/aromatic N) is 3. The number of hydrogen-bond acceptors (Lipinski definition) is 4. The molecule has 0 unspecified atom stereocenters. The van der Waals surface area contributed by atoms with E-state index in [-0.39, 0.29) is 11.5 Å². The summed E-state index contributed by atoms with van der Waals surface area (Å²) in [5.74, 6) is 0.287. The summed E-state index contributed by atoms with van der Waals surface area (Å²) in [6, 6.07) is 13.6. The van der Waals surface area contributed by atoms with Crippen LogP contribution in [0, 0.1) is 12.7 Å². The van der Waals surface area contributed by atoms with Crippen molar-refractivity contribution in [2.24, 2.45) is 0 Å². The van der Waals surface area contributed by atoms with Crippen LogP contribution in [0.3, 0.4) is 0 Å². The Morgan fingerprint density at radius 2 is 2.00 bits per heavy atom. The first-order chi connectivity index (χ1) is 13.0. The van der Waals surface area contributed by atoms with Gasteiger partial charge in [0.2, 0.25) is 0 Å². The summed E-state index contributed by atoms with van der Waals surface area (Å²) in [6.45, 7) is 1.80. The van der Waals surface area contributed by atoms with Crippen LogP contribution in [0.25, 0.3) is 16.8 Å². The van der Waals surface area contributed by atoms with Gasteiger partial charge in [-0.2, -0.15) is 9.61 Å². The predicted octanol–water partition coefficient (Wildman–Crippen LogP) is 4.48. The van der Waals surface area contributed by atoms with Gasteiger partial charge in [-0.1, -0.05) is 47.6 Å². The van der Waals surface area contributed by atoms with Crippen molar-refractivity contribution in [1.29, 1.82) is 0 Å². The van der Waals surface area contributed by atoms with Crippen molar-refractivity contribution in [2.75, 3.05) is 0 Å². The molecular weight excluding hydrogens is 387 g/mol. The molecule has 136 valence electrons. The predicted molar refractivity (Wildman–Crippen MR) is 105 cm³/mol. The van der Waals surface area contributed by atoms with Crippen molar-refractivity contribution in [2.45, 2.75) is 17.8 Å². The lowest BCUT2D eigenvalue weighted by molar-refractivity contribution is 0.628. The van der Waals surface area contributed by atoms with Gasteiger partial charge in [0, 0.05) is 16.3 Å². The average molecular weight is 401 g/mol. The van der Waals surface area contributed by atoms with Gasteiger partial charge in [0.05, 0.1) is 5.69 Å². The molecule has 0 radical (unpaired) electrons. The number of H-pyrrole nitrogens is 1. The highest BCUT2D eigenvalue weighted by Gasteiger charge is 2.16. The molecule has 2 aromatic heterocycles. The molecule has 0 atom stereocenters. The van der Waals surface area contributed by atoms with Gasteiger partial charge in [0.15, 0.2) is 10.8 Å². The van der Waals surface area contributed by atoms with E-state index in [2.05, 4.69) is 15.1 Å². The van der Waals surface area contributed by atoms with Crippen molar-refractivity contribution in [3.8, 4) is 11.1 Å². The molecule has 5 nitrogen and oxygen atoms in total. The molecule has 2 aromatic carbocycles. The molecule has 0 saturated carbocycles. The second kappa shape index (κ2) is 7.17. The monoisotopic (exact) mass is 400 g/mol. The van der Waals surface area contributed by atoms with Crippen LogP contribution >= 0.6 is 23.4 Å². The molecule has 0 aliphatic carbocycles. The molecule has 0 saturated heterocycles. The molecule has 0 amide bonds. The summed E-state index contributed by atoms with van der Waals surface area (Å²) >= 11 is 7.41. The maximum Gasteiger partial charge on any atom is 0.350 e. The fourth-order valence-corrected chi connectivity index (χ4v) is 3.84. The first-order valence-electron chi connectivity index (χ1n) is 8.14. The van der Waals surface area contributed by atoms with Gasteiger partial charge in [-0.25, -0.2) is 14.2 Å². The summed E-state index contributed by atoms with van der Waals surface area (Å²) in [5.41, 5.74) is 3.22. The zero-order valence-corrected chi connectivity index (χ0v) is 15.8. The van der Waals surface area contributed by atoms with Gasteiger partial charge >= 0.3 is 5.69 Å². The highest BCUT2D eigenvalue weighted by atomic mass is 35.5. The van der Waals surface area contributed by atoms with Gasteiger partial charge in [0.25, 0.3) is 0 Å². The average Bonchev–Trinajstić information content (AvgIpc) is 2.98. The molecule has 27 heavy (non-hydrogen) atoms. The number of thioether (sulfide) groups is 1. The number of aromatic amines is 1. The van der Waals surface area contributed by atoms with Crippen LogP contribution in [0.5, 0.6) is 0 Å². The van der Waals surface area contributed by atoms with Crippen LogP contribution in [0.2, 0.25) is 5.02 Å². The van der Waals surface area contributed by atoms with E-state index in [9.17, 15) is 9.18 Å². The largest absolute Gasteiger partial charge is 0.350 e. The zero-order chi connectivity index (χ0) is 19.0. The van der Waals surface area contributed by atoms with E-state index >= 15 is 0 Å². The first kappa shape index (κ1) is 17.8. The summed E-state index contributed by atoms with van der Waals surface area (Å²) in [6.07, 6.45) is 0. The van der Waals surface area contributed by atoms with E-state index < -0.39 is 0 Å². The van der Waals surface area contributed by atoms with Crippen molar-refractivity contribution in [3.05, 3.63) is 81.1 Å². The lowest BCUT2D eigenvalue weighted by Crippen LogP contribution is -2.19. The Morgan fingerprint density at radius 3 is 2.74 bits per heavy atom. The number of aromatic nitrogens is 4. The zero-order valence-electron chi connectivity index (χ0n) is 14.2. The highest BCUT2D eigenvalue weighted by Crippen LogP contribution is 2.28. The standard InChI is InChI=1S/C19H14ClFN4OS/c1-11-16(13-5-7-15(21)8-6-13)17-22-18(23-19(26)25(17)24-11)27-10-12-3-2-4-14(20)9-12/h2-9H,10H2,1H3,(H,22,23,26). The number of halogens is 2. The number of rotatable bonds is 4.